The van der Waals surface area contributed by atoms with Gasteiger partial charge in [0.25, 0.3) is 0 Å². The second kappa shape index (κ2) is 8.76. The van der Waals surface area contributed by atoms with Gasteiger partial charge in [0.05, 0.1) is 6.54 Å². The van der Waals surface area contributed by atoms with Gasteiger partial charge in [0, 0.05) is 29.0 Å². The topological polar surface area (TPSA) is 49.3 Å². The van der Waals surface area contributed by atoms with Gasteiger partial charge in [-0.25, -0.2) is 9.98 Å². The summed E-state index contributed by atoms with van der Waals surface area (Å²) in [5, 5.41) is 7.13. The van der Waals surface area contributed by atoms with E-state index in [1.54, 1.807) is 11.3 Å². The molecule has 2 rings (SSSR count). The second-order valence-corrected chi connectivity index (χ2v) is 6.63. The van der Waals surface area contributed by atoms with Crippen LogP contribution in [0.25, 0.3) is 0 Å². The van der Waals surface area contributed by atoms with Crippen molar-refractivity contribution >= 4 is 28.9 Å². The predicted molar refractivity (Wildman–Crippen MR) is 94.8 cm³/mol. The SMILES string of the molecule is CCNC(=NCc1ccc(C)s1)NCCc1ccc(Cl)nc1. The molecule has 0 saturated carbocycles. The summed E-state index contributed by atoms with van der Waals surface area (Å²) in [5.74, 6) is 0.843. The average Bonchev–Trinajstić information content (AvgIpc) is 2.92. The molecule has 4 nitrogen and oxygen atoms in total. The van der Waals surface area contributed by atoms with Gasteiger partial charge in [-0.3, -0.25) is 0 Å². The Kier molecular flexibility index (Phi) is 6.68. The summed E-state index contributed by atoms with van der Waals surface area (Å²) in [5.41, 5.74) is 1.15. The van der Waals surface area contributed by atoms with Crippen LogP contribution in [0.1, 0.15) is 22.2 Å². The largest absolute Gasteiger partial charge is 0.357 e. The van der Waals surface area contributed by atoms with Gasteiger partial charge in [-0.1, -0.05) is 17.7 Å². The lowest BCUT2D eigenvalue weighted by atomic mass is 10.2. The van der Waals surface area contributed by atoms with Crippen LogP contribution < -0.4 is 10.6 Å². The second-order valence-electron chi connectivity index (χ2n) is 4.87. The summed E-state index contributed by atoms with van der Waals surface area (Å²) in [6, 6.07) is 8.07. The molecule has 0 aliphatic carbocycles. The molecule has 2 heterocycles. The van der Waals surface area contributed by atoms with Crippen molar-refractivity contribution in [1.82, 2.24) is 15.6 Å². The Morgan fingerprint density at radius 2 is 2.14 bits per heavy atom. The van der Waals surface area contributed by atoms with E-state index < -0.39 is 0 Å². The highest BCUT2D eigenvalue weighted by Crippen LogP contribution is 2.15. The Labute approximate surface area is 140 Å². The number of aryl methyl sites for hydroxylation is 1. The number of hydrogen-bond donors (Lipinski definition) is 2. The number of aliphatic imine (C=N–C) groups is 1. The van der Waals surface area contributed by atoms with Gasteiger partial charge in [0.2, 0.25) is 0 Å². The number of nitrogens with one attached hydrogen (secondary N) is 2. The lowest BCUT2D eigenvalue weighted by Gasteiger charge is -2.11. The maximum atomic E-state index is 5.78. The first kappa shape index (κ1) is 16.8. The van der Waals surface area contributed by atoms with Crippen LogP contribution in [0.5, 0.6) is 0 Å². The summed E-state index contributed by atoms with van der Waals surface area (Å²) in [6.45, 7) is 6.53. The van der Waals surface area contributed by atoms with E-state index >= 15 is 0 Å². The first-order chi connectivity index (χ1) is 10.7. The molecule has 22 heavy (non-hydrogen) atoms. The third kappa shape index (κ3) is 5.66. The molecule has 0 saturated heterocycles. The molecule has 118 valence electrons. The Balaban J connectivity index is 1.84. The summed E-state index contributed by atoms with van der Waals surface area (Å²) in [6.07, 6.45) is 2.69. The minimum absolute atomic E-state index is 0.526. The molecule has 2 N–H and O–H groups in total. The highest BCUT2D eigenvalue weighted by Gasteiger charge is 2.00. The Morgan fingerprint density at radius 1 is 1.27 bits per heavy atom. The Bertz CT molecular complexity index is 607. The molecule has 2 aromatic rings. The van der Waals surface area contributed by atoms with E-state index in [2.05, 4.69) is 46.6 Å². The van der Waals surface area contributed by atoms with Crippen LogP contribution in [0, 0.1) is 6.92 Å². The molecule has 0 aliphatic rings. The van der Waals surface area contributed by atoms with Gasteiger partial charge >= 0.3 is 0 Å². The minimum Gasteiger partial charge on any atom is -0.357 e. The zero-order chi connectivity index (χ0) is 15.8. The van der Waals surface area contributed by atoms with Gasteiger partial charge in [-0.2, -0.15) is 0 Å². The molecule has 6 heteroatoms. The molecule has 0 amide bonds. The van der Waals surface area contributed by atoms with E-state index in [1.165, 1.54) is 9.75 Å². The van der Waals surface area contributed by atoms with Crippen LogP contribution in [0.4, 0.5) is 0 Å². The zero-order valence-corrected chi connectivity index (χ0v) is 14.5. The fourth-order valence-electron chi connectivity index (χ4n) is 1.95. The van der Waals surface area contributed by atoms with Gasteiger partial charge < -0.3 is 10.6 Å². The van der Waals surface area contributed by atoms with E-state index in [4.69, 9.17) is 11.6 Å². The van der Waals surface area contributed by atoms with Crippen molar-refractivity contribution in [3.8, 4) is 0 Å². The van der Waals surface area contributed by atoms with Gasteiger partial charge in [0.1, 0.15) is 5.15 Å². The van der Waals surface area contributed by atoms with Gasteiger partial charge in [-0.15, -0.1) is 11.3 Å². The summed E-state index contributed by atoms with van der Waals surface area (Å²) in [7, 11) is 0. The van der Waals surface area contributed by atoms with Crippen molar-refractivity contribution in [3.05, 3.63) is 50.9 Å². The van der Waals surface area contributed by atoms with E-state index in [0.717, 1.165) is 31.0 Å². The number of halogens is 1. The highest BCUT2D eigenvalue weighted by atomic mass is 35.5. The van der Waals surface area contributed by atoms with Crippen molar-refractivity contribution in [1.29, 1.82) is 0 Å². The molecule has 0 aliphatic heterocycles. The maximum Gasteiger partial charge on any atom is 0.191 e. The third-order valence-electron chi connectivity index (χ3n) is 3.03. The molecular formula is C16H21ClN4S. The number of nitrogens with zero attached hydrogens (tertiary/aromatic N) is 2. The van der Waals surface area contributed by atoms with Crippen molar-refractivity contribution in [2.45, 2.75) is 26.8 Å². The lowest BCUT2D eigenvalue weighted by Crippen LogP contribution is -2.38. The Hall–Kier alpha value is -1.59. The smallest absolute Gasteiger partial charge is 0.191 e. The predicted octanol–water partition coefficient (Wildman–Crippen LogP) is 3.40. The van der Waals surface area contributed by atoms with Crippen LogP contribution in [0.15, 0.2) is 35.5 Å². The molecular weight excluding hydrogens is 316 g/mol. The number of guanidine groups is 1. The zero-order valence-electron chi connectivity index (χ0n) is 12.9. The monoisotopic (exact) mass is 336 g/mol. The fourth-order valence-corrected chi connectivity index (χ4v) is 2.88. The van der Waals surface area contributed by atoms with E-state index in [9.17, 15) is 0 Å². The molecule has 0 unspecified atom stereocenters. The number of thiophene rings is 1. The molecule has 0 radical (unpaired) electrons. The first-order valence-corrected chi connectivity index (χ1v) is 8.54. The quantitative estimate of drug-likeness (QED) is 0.483. The lowest BCUT2D eigenvalue weighted by molar-refractivity contribution is 0.799. The molecule has 0 aromatic carbocycles. The van der Waals surface area contributed by atoms with Crippen molar-refractivity contribution in [3.63, 3.8) is 0 Å². The average molecular weight is 337 g/mol. The molecule has 2 aromatic heterocycles. The third-order valence-corrected chi connectivity index (χ3v) is 4.24. The maximum absolute atomic E-state index is 5.78. The Morgan fingerprint density at radius 3 is 2.77 bits per heavy atom. The normalized spacial score (nSPS) is 11.5. The van der Waals surface area contributed by atoms with E-state index in [0.29, 0.717) is 11.7 Å². The molecule has 0 fully saturated rings. The van der Waals surface area contributed by atoms with E-state index in [1.807, 2.05) is 18.3 Å². The minimum atomic E-state index is 0.526. The van der Waals surface area contributed by atoms with Crippen molar-refractivity contribution in [2.75, 3.05) is 13.1 Å². The van der Waals surface area contributed by atoms with Crippen LogP contribution in [0.3, 0.4) is 0 Å². The first-order valence-electron chi connectivity index (χ1n) is 7.35. The molecule has 0 bridgehead atoms. The van der Waals surface area contributed by atoms with Crippen LogP contribution in [0.2, 0.25) is 5.15 Å². The summed E-state index contributed by atoms with van der Waals surface area (Å²) < 4.78 is 0. The van der Waals surface area contributed by atoms with Gasteiger partial charge in [-0.05, 0) is 44.0 Å². The number of pyridine rings is 1. The number of hydrogen-bond acceptors (Lipinski definition) is 3. The van der Waals surface area contributed by atoms with Gasteiger partial charge in [0.15, 0.2) is 5.96 Å². The standard InChI is InChI=1S/C16H21ClN4S/c1-3-18-16(21-11-14-6-4-12(2)22-14)19-9-8-13-5-7-15(17)20-10-13/h4-7,10H,3,8-9,11H2,1-2H3,(H2,18,19,21). The molecule has 0 spiro atoms. The summed E-state index contributed by atoms with van der Waals surface area (Å²) in [4.78, 5) is 11.3. The van der Waals surface area contributed by atoms with E-state index in [-0.39, 0.29) is 0 Å². The molecule has 0 atom stereocenters. The van der Waals surface area contributed by atoms with Crippen LogP contribution in [-0.4, -0.2) is 24.0 Å². The number of rotatable bonds is 6. The van der Waals surface area contributed by atoms with Crippen molar-refractivity contribution < 1.29 is 0 Å². The highest BCUT2D eigenvalue weighted by molar-refractivity contribution is 7.11. The van der Waals surface area contributed by atoms with Crippen LogP contribution in [-0.2, 0) is 13.0 Å². The summed E-state index contributed by atoms with van der Waals surface area (Å²) >= 11 is 7.57. The fraction of sp³-hybridized carbons (Fsp3) is 0.375. The number of aromatic nitrogens is 1. The van der Waals surface area contributed by atoms with Crippen molar-refractivity contribution in [2.24, 2.45) is 4.99 Å². The van der Waals surface area contributed by atoms with Crippen LogP contribution >= 0.6 is 22.9 Å².